The van der Waals surface area contributed by atoms with Gasteiger partial charge in [0.15, 0.2) is 0 Å². The van der Waals surface area contributed by atoms with E-state index in [4.69, 9.17) is 10.5 Å². The number of carbonyl (C=O) groups excluding carboxylic acids is 1. The van der Waals surface area contributed by atoms with Crippen molar-refractivity contribution in [1.82, 2.24) is 0 Å². The van der Waals surface area contributed by atoms with Gasteiger partial charge in [0.25, 0.3) is 0 Å². The average molecular weight is 222 g/mol. The van der Waals surface area contributed by atoms with Crippen molar-refractivity contribution in [1.29, 1.82) is 0 Å². The number of hydrogen-bond acceptors (Lipinski definition) is 3. The Hall–Kier alpha value is -0.280. The van der Waals surface area contributed by atoms with Crippen LogP contribution in [0.4, 0.5) is 0 Å². The molecule has 1 fully saturated rings. The van der Waals surface area contributed by atoms with Crippen LogP contribution in [0.25, 0.3) is 0 Å². The molecule has 3 atom stereocenters. The number of halogens is 1. The molecule has 84 valence electrons. The van der Waals surface area contributed by atoms with Crippen molar-refractivity contribution in [3.63, 3.8) is 0 Å². The van der Waals surface area contributed by atoms with Gasteiger partial charge in [-0.2, -0.15) is 0 Å². The van der Waals surface area contributed by atoms with Crippen LogP contribution in [0.3, 0.4) is 0 Å². The average Bonchev–Trinajstić information content (AvgIpc) is 2.10. The predicted molar refractivity (Wildman–Crippen MR) is 58.4 cm³/mol. The van der Waals surface area contributed by atoms with Crippen LogP contribution in [0.1, 0.15) is 33.1 Å². The van der Waals surface area contributed by atoms with Crippen molar-refractivity contribution in [2.75, 3.05) is 6.61 Å². The first-order valence-corrected chi connectivity index (χ1v) is 5.07. The summed E-state index contributed by atoms with van der Waals surface area (Å²) in [4.78, 5) is 11.4. The third-order valence-electron chi connectivity index (χ3n) is 2.86. The number of nitrogens with two attached hydrogens (primary N) is 1. The Labute approximate surface area is 91.8 Å². The van der Waals surface area contributed by atoms with E-state index in [1.165, 1.54) is 0 Å². The molecule has 1 rings (SSSR count). The lowest BCUT2D eigenvalue weighted by Crippen LogP contribution is -2.37. The molecule has 0 radical (unpaired) electrons. The van der Waals surface area contributed by atoms with Gasteiger partial charge in [-0.15, -0.1) is 12.4 Å². The fraction of sp³-hybridized carbons (Fsp3) is 0.900. The van der Waals surface area contributed by atoms with Gasteiger partial charge < -0.3 is 10.5 Å². The molecule has 1 saturated carbocycles. The molecule has 0 amide bonds. The molecular formula is C10H20ClNO2. The van der Waals surface area contributed by atoms with E-state index in [-0.39, 0.29) is 30.3 Å². The summed E-state index contributed by atoms with van der Waals surface area (Å²) in [6.07, 6.45) is 2.73. The zero-order valence-electron chi connectivity index (χ0n) is 8.86. The van der Waals surface area contributed by atoms with E-state index in [2.05, 4.69) is 6.92 Å². The fourth-order valence-electron chi connectivity index (χ4n) is 1.89. The molecule has 4 heteroatoms. The summed E-state index contributed by atoms with van der Waals surface area (Å²) < 4.78 is 4.99. The summed E-state index contributed by atoms with van der Waals surface area (Å²) in [7, 11) is 0. The highest BCUT2D eigenvalue weighted by atomic mass is 35.5. The Morgan fingerprint density at radius 1 is 1.50 bits per heavy atom. The summed E-state index contributed by atoms with van der Waals surface area (Å²) in [5, 5.41) is 0. The predicted octanol–water partition coefficient (Wildman–Crippen LogP) is 1.73. The van der Waals surface area contributed by atoms with Gasteiger partial charge in [-0.3, -0.25) is 4.79 Å². The largest absolute Gasteiger partial charge is 0.466 e. The maximum absolute atomic E-state index is 11.4. The number of ether oxygens (including phenoxy) is 1. The second-order valence-corrected chi connectivity index (χ2v) is 3.90. The quantitative estimate of drug-likeness (QED) is 0.723. The van der Waals surface area contributed by atoms with Crippen LogP contribution in [0.15, 0.2) is 0 Å². The molecule has 1 aliphatic rings. The van der Waals surface area contributed by atoms with Gasteiger partial charge in [0.2, 0.25) is 0 Å². The van der Waals surface area contributed by atoms with E-state index in [0.29, 0.717) is 12.5 Å². The first-order valence-electron chi connectivity index (χ1n) is 5.07. The van der Waals surface area contributed by atoms with Crippen molar-refractivity contribution in [3.8, 4) is 0 Å². The molecule has 0 heterocycles. The van der Waals surface area contributed by atoms with Crippen molar-refractivity contribution in [2.24, 2.45) is 17.6 Å². The van der Waals surface area contributed by atoms with Crippen LogP contribution in [-0.4, -0.2) is 18.6 Å². The van der Waals surface area contributed by atoms with Crippen molar-refractivity contribution in [3.05, 3.63) is 0 Å². The Balaban J connectivity index is 0.00000169. The van der Waals surface area contributed by atoms with Crippen LogP contribution in [-0.2, 0) is 9.53 Å². The lowest BCUT2D eigenvalue weighted by atomic mass is 9.79. The lowest BCUT2D eigenvalue weighted by molar-refractivity contribution is -0.149. The van der Waals surface area contributed by atoms with Gasteiger partial charge in [0.1, 0.15) is 0 Å². The maximum Gasteiger partial charge on any atom is 0.308 e. The molecule has 2 N–H and O–H groups in total. The summed E-state index contributed by atoms with van der Waals surface area (Å²) >= 11 is 0. The normalized spacial score (nSPS) is 31.8. The fourth-order valence-corrected chi connectivity index (χ4v) is 1.89. The molecular weight excluding hydrogens is 202 g/mol. The third-order valence-corrected chi connectivity index (χ3v) is 2.86. The maximum atomic E-state index is 11.4. The van der Waals surface area contributed by atoms with E-state index in [1.54, 1.807) is 0 Å². The van der Waals surface area contributed by atoms with Gasteiger partial charge in [-0.25, -0.2) is 0 Å². The van der Waals surface area contributed by atoms with Crippen molar-refractivity contribution >= 4 is 18.4 Å². The second-order valence-electron chi connectivity index (χ2n) is 3.90. The molecule has 3 nitrogen and oxygen atoms in total. The molecule has 0 aromatic carbocycles. The SMILES string of the molecule is CCOC(=O)[C@H]1CC[C@H](N)[C@@H](C)C1.Cl. The highest BCUT2D eigenvalue weighted by molar-refractivity contribution is 5.85. The van der Waals surface area contributed by atoms with Crippen LogP contribution in [0.5, 0.6) is 0 Å². The van der Waals surface area contributed by atoms with Crippen molar-refractivity contribution < 1.29 is 9.53 Å². The molecule has 0 aliphatic heterocycles. The molecule has 0 aromatic rings. The Morgan fingerprint density at radius 3 is 2.64 bits per heavy atom. The number of rotatable bonds is 2. The van der Waals surface area contributed by atoms with Gasteiger partial charge in [0.05, 0.1) is 12.5 Å². The number of esters is 1. The van der Waals surface area contributed by atoms with E-state index in [1.807, 2.05) is 6.92 Å². The van der Waals surface area contributed by atoms with Crippen LogP contribution < -0.4 is 5.73 Å². The van der Waals surface area contributed by atoms with E-state index >= 15 is 0 Å². The van der Waals surface area contributed by atoms with Crippen molar-refractivity contribution in [2.45, 2.75) is 39.2 Å². The van der Waals surface area contributed by atoms with Gasteiger partial charge in [0, 0.05) is 6.04 Å². The van der Waals surface area contributed by atoms with Crippen LogP contribution >= 0.6 is 12.4 Å². The zero-order chi connectivity index (χ0) is 9.84. The zero-order valence-corrected chi connectivity index (χ0v) is 9.68. The molecule has 14 heavy (non-hydrogen) atoms. The molecule has 0 unspecified atom stereocenters. The van der Waals surface area contributed by atoms with E-state index in [0.717, 1.165) is 19.3 Å². The van der Waals surface area contributed by atoms with Crippen LogP contribution in [0, 0.1) is 11.8 Å². The highest BCUT2D eigenvalue weighted by Gasteiger charge is 2.30. The third kappa shape index (κ3) is 3.46. The number of carbonyl (C=O) groups is 1. The van der Waals surface area contributed by atoms with Gasteiger partial charge in [-0.05, 0) is 32.1 Å². The van der Waals surface area contributed by atoms with Gasteiger partial charge >= 0.3 is 5.97 Å². The van der Waals surface area contributed by atoms with Crippen LogP contribution in [0.2, 0.25) is 0 Å². The first-order chi connectivity index (χ1) is 6.15. The Bertz CT molecular complexity index is 187. The Kier molecular flexibility index (Phi) is 6.12. The second kappa shape index (κ2) is 6.25. The highest BCUT2D eigenvalue weighted by Crippen LogP contribution is 2.28. The molecule has 0 bridgehead atoms. The molecule has 0 saturated heterocycles. The Morgan fingerprint density at radius 2 is 2.14 bits per heavy atom. The molecule has 1 aliphatic carbocycles. The topological polar surface area (TPSA) is 52.3 Å². The lowest BCUT2D eigenvalue weighted by Gasteiger charge is -2.30. The number of hydrogen-bond donors (Lipinski definition) is 1. The molecule has 0 aromatic heterocycles. The standard InChI is InChI=1S/C10H19NO2.ClH/c1-3-13-10(12)8-4-5-9(11)7(2)6-8;/h7-9H,3-6,11H2,1-2H3;1H/t7-,8-,9-;/m0./s1. The summed E-state index contributed by atoms with van der Waals surface area (Å²) in [5.74, 6) is 0.499. The first kappa shape index (κ1) is 13.7. The summed E-state index contributed by atoms with van der Waals surface area (Å²) in [6.45, 7) is 4.43. The minimum absolute atomic E-state index is 0. The van der Waals surface area contributed by atoms with Gasteiger partial charge in [-0.1, -0.05) is 6.92 Å². The summed E-state index contributed by atoms with van der Waals surface area (Å²) in [6, 6.07) is 0.269. The minimum atomic E-state index is -0.0405. The minimum Gasteiger partial charge on any atom is -0.466 e. The smallest absolute Gasteiger partial charge is 0.308 e. The van der Waals surface area contributed by atoms with E-state index < -0.39 is 0 Å². The molecule has 0 spiro atoms. The summed E-state index contributed by atoms with van der Waals surface area (Å²) in [5.41, 5.74) is 5.86. The van der Waals surface area contributed by atoms with E-state index in [9.17, 15) is 4.79 Å². The monoisotopic (exact) mass is 221 g/mol.